The zero-order chi connectivity index (χ0) is 21.3. The van der Waals surface area contributed by atoms with E-state index >= 15 is 0 Å². The zero-order valence-electron chi connectivity index (χ0n) is 16.9. The normalized spacial score (nSPS) is 13.4. The molecule has 3 amide bonds. The van der Waals surface area contributed by atoms with Crippen LogP contribution in [0.1, 0.15) is 51.3 Å². The number of H-pyrrole nitrogens is 1. The van der Waals surface area contributed by atoms with Crippen LogP contribution in [-0.2, 0) is 4.74 Å². The number of hydrogen-bond donors (Lipinski definition) is 2. The summed E-state index contributed by atoms with van der Waals surface area (Å²) >= 11 is 0. The molecule has 0 radical (unpaired) electrons. The molecule has 0 saturated carbocycles. The van der Waals surface area contributed by atoms with Crippen molar-refractivity contribution in [3.05, 3.63) is 65.4 Å². The summed E-state index contributed by atoms with van der Waals surface area (Å²) in [4.78, 5) is 42.3. The lowest BCUT2D eigenvalue weighted by molar-refractivity contribution is 0.0566. The highest BCUT2D eigenvalue weighted by atomic mass is 16.5. The molecule has 3 aromatic rings. The Morgan fingerprint density at radius 1 is 1.07 bits per heavy atom. The Morgan fingerprint density at radius 2 is 1.87 bits per heavy atom. The summed E-state index contributed by atoms with van der Waals surface area (Å²) in [6, 6.07) is 12.1. The van der Waals surface area contributed by atoms with Crippen molar-refractivity contribution in [2.24, 2.45) is 0 Å². The van der Waals surface area contributed by atoms with Gasteiger partial charge < -0.3 is 15.0 Å². The molecule has 7 nitrogen and oxygen atoms in total. The van der Waals surface area contributed by atoms with Crippen LogP contribution in [0.15, 0.2) is 48.7 Å². The fraction of sp³-hybridized carbons (Fsp3) is 0.261. The smallest absolute Gasteiger partial charge is 0.261 e. The van der Waals surface area contributed by atoms with Gasteiger partial charge >= 0.3 is 0 Å². The fourth-order valence-electron chi connectivity index (χ4n) is 3.51. The van der Waals surface area contributed by atoms with Crippen LogP contribution in [0.25, 0.3) is 10.9 Å². The van der Waals surface area contributed by atoms with E-state index in [1.807, 2.05) is 44.3 Å². The number of aromatic amines is 1. The number of amides is 3. The monoisotopic (exact) mass is 405 g/mol. The van der Waals surface area contributed by atoms with E-state index in [2.05, 4.69) is 10.3 Å². The summed E-state index contributed by atoms with van der Waals surface area (Å²) in [5.41, 5.74) is 2.47. The topological polar surface area (TPSA) is 91.5 Å². The first kappa shape index (κ1) is 19.8. The van der Waals surface area contributed by atoms with E-state index in [9.17, 15) is 14.4 Å². The van der Waals surface area contributed by atoms with Gasteiger partial charge in [-0.1, -0.05) is 6.07 Å². The first-order valence-corrected chi connectivity index (χ1v) is 9.94. The molecule has 0 unspecified atom stereocenters. The molecule has 1 aliphatic heterocycles. The predicted molar refractivity (Wildman–Crippen MR) is 114 cm³/mol. The Morgan fingerprint density at radius 3 is 2.67 bits per heavy atom. The van der Waals surface area contributed by atoms with Crippen LogP contribution in [0.3, 0.4) is 0 Å². The second-order valence-electron chi connectivity index (χ2n) is 7.53. The molecule has 0 fully saturated rings. The van der Waals surface area contributed by atoms with E-state index in [0.717, 1.165) is 10.9 Å². The largest absolute Gasteiger partial charge is 0.379 e. The Labute approximate surface area is 174 Å². The first-order chi connectivity index (χ1) is 14.4. The van der Waals surface area contributed by atoms with Crippen LogP contribution in [0.5, 0.6) is 0 Å². The van der Waals surface area contributed by atoms with Crippen molar-refractivity contribution < 1.29 is 19.1 Å². The van der Waals surface area contributed by atoms with Crippen molar-refractivity contribution >= 4 is 34.3 Å². The highest BCUT2D eigenvalue weighted by Gasteiger charge is 2.35. The Bertz CT molecular complexity index is 1130. The van der Waals surface area contributed by atoms with Gasteiger partial charge in [-0.2, -0.15) is 0 Å². The average Bonchev–Trinajstić information content (AvgIpc) is 3.28. The number of carbonyl (C=O) groups is 3. The third kappa shape index (κ3) is 3.84. The summed E-state index contributed by atoms with van der Waals surface area (Å²) in [6.45, 7) is 4.64. The van der Waals surface area contributed by atoms with Crippen molar-refractivity contribution in [3.63, 3.8) is 0 Å². The third-order valence-electron chi connectivity index (χ3n) is 5.02. The number of nitrogens with one attached hydrogen (secondary N) is 2. The lowest BCUT2D eigenvalue weighted by Gasteiger charge is -2.14. The van der Waals surface area contributed by atoms with E-state index in [-0.39, 0.29) is 35.9 Å². The number of carbonyl (C=O) groups excluding carboxylic acids is 3. The summed E-state index contributed by atoms with van der Waals surface area (Å²) < 4.78 is 5.47. The van der Waals surface area contributed by atoms with Gasteiger partial charge in [0.15, 0.2) is 0 Å². The second kappa shape index (κ2) is 8.12. The van der Waals surface area contributed by atoms with Gasteiger partial charge in [-0.15, -0.1) is 0 Å². The van der Waals surface area contributed by atoms with Gasteiger partial charge in [0, 0.05) is 36.1 Å². The Balaban J connectivity index is 1.47. The molecule has 2 aromatic carbocycles. The number of imide groups is 1. The minimum Gasteiger partial charge on any atom is -0.379 e. The molecule has 1 aliphatic rings. The number of nitrogens with zero attached hydrogens (tertiary/aromatic N) is 1. The molecule has 0 bridgehead atoms. The van der Waals surface area contributed by atoms with Crippen molar-refractivity contribution in [3.8, 4) is 0 Å². The molecular formula is C23H23N3O4. The SMILES string of the molecule is CC(C)OCCCN1C(=O)c2ccc(C(=O)Nc3ccc4cc[nH]c4c3)cc2C1=O. The summed E-state index contributed by atoms with van der Waals surface area (Å²) in [6.07, 6.45) is 2.50. The number of aromatic nitrogens is 1. The van der Waals surface area contributed by atoms with Gasteiger partial charge in [-0.3, -0.25) is 19.3 Å². The van der Waals surface area contributed by atoms with Gasteiger partial charge in [-0.25, -0.2) is 0 Å². The molecule has 2 heterocycles. The molecule has 2 N–H and O–H groups in total. The predicted octanol–water partition coefficient (Wildman–Crippen LogP) is 3.83. The highest BCUT2D eigenvalue weighted by molar-refractivity contribution is 6.22. The van der Waals surface area contributed by atoms with Gasteiger partial charge in [-0.05, 0) is 62.1 Å². The zero-order valence-corrected chi connectivity index (χ0v) is 16.9. The van der Waals surface area contributed by atoms with Crippen molar-refractivity contribution in [1.29, 1.82) is 0 Å². The Hall–Kier alpha value is -3.45. The first-order valence-electron chi connectivity index (χ1n) is 9.94. The van der Waals surface area contributed by atoms with E-state index < -0.39 is 0 Å². The molecular weight excluding hydrogens is 382 g/mol. The third-order valence-corrected chi connectivity index (χ3v) is 5.02. The fourth-order valence-corrected chi connectivity index (χ4v) is 3.51. The van der Waals surface area contributed by atoms with Crippen LogP contribution in [0.4, 0.5) is 5.69 Å². The van der Waals surface area contributed by atoms with Gasteiger partial charge in [0.1, 0.15) is 0 Å². The van der Waals surface area contributed by atoms with E-state index in [4.69, 9.17) is 4.74 Å². The molecule has 0 spiro atoms. The van der Waals surface area contributed by atoms with Crippen LogP contribution in [0, 0.1) is 0 Å². The molecule has 0 saturated heterocycles. The Kier molecular flexibility index (Phi) is 5.37. The molecule has 4 rings (SSSR count). The molecule has 154 valence electrons. The molecule has 1 aromatic heterocycles. The number of fused-ring (bicyclic) bond motifs is 2. The quantitative estimate of drug-likeness (QED) is 0.462. The van der Waals surface area contributed by atoms with Crippen molar-refractivity contribution in [1.82, 2.24) is 9.88 Å². The second-order valence-corrected chi connectivity index (χ2v) is 7.53. The number of ether oxygens (including phenoxy) is 1. The molecule has 0 atom stereocenters. The lowest BCUT2D eigenvalue weighted by atomic mass is 10.1. The van der Waals surface area contributed by atoms with Crippen molar-refractivity contribution in [2.75, 3.05) is 18.5 Å². The van der Waals surface area contributed by atoms with Gasteiger partial charge in [0.25, 0.3) is 17.7 Å². The van der Waals surface area contributed by atoms with E-state index in [1.54, 1.807) is 12.1 Å². The van der Waals surface area contributed by atoms with Gasteiger partial charge in [0.2, 0.25) is 0 Å². The summed E-state index contributed by atoms with van der Waals surface area (Å²) in [5.74, 6) is -1.04. The van der Waals surface area contributed by atoms with E-state index in [1.165, 1.54) is 11.0 Å². The molecule has 0 aliphatic carbocycles. The number of anilines is 1. The standard InChI is InChI=1S/C23H23N3O4/c1-14(2)30-11-3-10-26-22(28)18-7-5-16(12-19(18)23(26)29)21(27)25-17-6-4-15-8-9-24-20(15)13-17/h4-9,12-14,24H,3,10-11H2,1-2H3,(H,25,27). The maximum Gasteiger partial charge on any atom is 0.261 e. The number of rotatable bonds is 7. The molecule has 30 heavy (non-hydrogen) atoms. The molecule has 7 heteroatoms. The maximum absolute atomic E-state index is 12.7. The van der Waals surface area contributed by atoms with Gasteiger partial charge in [0.05, 0.1) is 17.2 Å². The van der Waals surface area contributed by atoms with Crippen LogP contribution < -0.4 is 5.32 Å². The minimum atomic E-state index is -0.373. The lowest BCUT2D eigenvalue weighted by Crippen LogP contribution is -2.31. The number of hydrogen-bond acceptors (Lipinski definition) is 4. The van der Waals surface area contributed by atoms with E-state index in [0.29, 0.717) is 29.8 Å². The average molecular weight is 405 g/mol. The maximum atomic E-state index is 12.7. The van der Waals surface area contributed by atoms with Crippen LogP contribution >= 0.6 is 0 Å². The minimum absolute atomic E-state index is 0.103. The van der Waals surface area contributed by atoms with Crippen LogP contribution in [0.2, 0.25) is 0 Å². The number of benzene rings is 2. The van der Waals surface area contributed by atoms with Crippen molar-refractivity contribution in [2.45, 2.75) is 26.4 Å². The summed E-state index contributed by atoms with van der Waals surface area (Å²) in [5, 5.41) is 3.89. The van der Waals surface area contributed by atoms with Crippen LogP contribution in [-0.4, -0.2) is 46.9 Å². The highest BCUT2D eigenvalue weighted by Crippen LogP contribution is 2.25. The summed E-state index contributed by atoms with van der Waals surface area (Å²) in [7, 11) is 0.